The Morgan fingerprint density at radius 2 is 1.54 bits per heavy atom. The van der Waals surface area contributed by atoms with Crippen molar-refractivity contribution in [3.05, 3.63) is 59.8 Å². The number of ether oxygens (including phenoxy) is 3. The average molecular weight is 323 g/mol. The van der Waals surface area contributed by atoms with E-state index in [0.29, 0.717) is 28.4 Å². The van der Waals surface area contributed by atoms with Crippen molar-refractivity contribution in [2.75, 3.05) is 21.3 Å². The maximum Gasteiger partial charge on any atom is 0.203 e. The molecule has 0 spiro atoms. The Bertz CT molecular complexity index is 880. The Kier molecular flexibility index (Phi) is 4.33. The smallest absolute Gasteiger partial charge is 0.203 e. The molecule has 0 aliphatic carbocycles. The Hall–Kier alpha value is -3.08. The van der Waals surface area contributed by atoms with Crippen LogP contribution in [0.3, 0.4) is 0 Å². The van der Waals surface area contributed by atoms with E-state index in [2.05, 4.69) is 4.98 Å². The second-order valence-corrected chi connectivity index (χ2v) is 5.16. The van der Waals surface area contributed by atoms with Crippen LogP contribution in [0.4, 0.5) is 0 Å². The first kappa shape index (κ1) is 15.8. The lowest BCUT2D eigenvalue weighted by atomic mass is 10.0. The molecule has 0 aliphatic rings. The van der Waals surface area contributed by atoms with Gasteiger partial charge in [0, 0.05) is 22.7 Å². The molecule has 3 rings (SSSR count). The van der Waals surface area contributed by atoms with Gasteiger partial charge in [-0.2, -0.15) is 0 Å². The minimum atomic E-state index is -0.160. The minimum Gasteiger partial charge on any atom is -0.493 e. The van der Waals surface area contributed by atoms with E-state index < -0.39 is 0 Å². The molecule has 0 fully saturated rings. The van der Waals surface area contributed by atoms with Gasteiger partial charge in [-0.3, -0.25) is 9.78 Å². The van der Waals surface area contributed by atoms with Crippen LogP contribution in [-0.4, -0.2) is 32.1 Å². The van der Waals surface area contributed by atoms with Gasteiger partial charge in [0.2, 0.25) is 5.75 Å². The molecule has 24 heavy (non-hydrogen) atoms. The van der Waals surface area contributed by atoms with Gasteiger partial charge < -0.3 is 14.2 Å². The van der Waals surface area contributed by atoms with Crippen molar-refractivity contribution in [1.29, 1.82) is 0 Å². The van der Waals surface area contributed by atoms with Crippen LogP contribution >= 0.6 is 0 Å². The number of ketones is 1. The van der Waals surface area contributed by atoms with Crippen LogP contribution in [0.15, 0.2) is 48.7 Å². The third-order valence-electron chi connectivity index (χ3n) is 3.78. The first-order valence-corrected chi connectivity index (χ1v) is 7.37. The summed E-state index contributed by atoms with van der Waals surface area (Å²) in [5.74, 6) is 1.17. The molecule has 5 heteroatoms. The van der Waals surface area contributed by atoms with Crippen LogP contribution in [0.1, 0.15) is 15.9 Å². The molecule has 122 valence electrons. The molecule has 5 nitrogen and oxygen atoms in total. The van der Waals surface area contributed by atoms with E-state index in [1.807, 2.05) is 30.3 Å². The van der Waals surface area contributed by atoms with Crippen molar-refractivity contribution in [2.45, 2.75) is 0 Å². The molecule has 1 aromatic heterocycles. The van der Waals surface area contributed by atoms with Gasteiger partial charge in [-0.1, -0.05) is 18.2 Å². The van der Waals surface area contributed by atoms with Crippen LogP contribution in [0.25, 0.3) is 10.9 Å². The standard InChI is InChI=1S/C19H17NO4/c1-22-16-9-13(10-17(23-2)19(16)24-3)18(21)14-8-12-6-4-5-7-15(12)20-11-14/h4-11H,1-3H3. The summed E-state index contributed by atoms with van der Waals surface area (Å²) in [5.41, 5.74) is 1.79. The van der Waals surface area contributed by atoms with Gasteiger partial charge in [0.15, 0.2) is 17.3 Å². The first-order chi connectivity index (χ1) is 11.7. The number of fused-ring (bicyclic) bond motifs is 1. The van der Waals surface area contributed by atoms with Gasteiger partial charge >= 0.3 is 0 Å². The number of para-hydroxylation sites is 1. The molecule has 0 unspecified atom stereocenters. The average Bonchev–Trinajstić information content (AvgIpc) is 2.65. The predicted molar refractivity (Wildman–Crippen MR) is 91.3 cm³/mol. The molecule has 0 aliphatic heterocycles. The minimum absolute atomic E-state index is 0.160. The highest BCUT2D eigenvalue weighted by Crippen LogP contribution is 2.38. The number of rotatable bonds is 5. The Morgan fingerprint density at radius 3 is 2.17 bits per heavy atom. The third-order valence-corrected chi connectivity index (χ3v) is 3.78. The SMILES string of the molecule is COc1cc(C(=O)c2cnc3ccccc3c2)cc(OC)c1OC. The van der Waals surface area contributed by atoms with Crippen LogP contribution in [0, 0.1) is 0 Å². The van der Waals surface area contributed by atoms with Crippen molar-refractivity contribution in [2.24, 2.45) is 0 Å². The molecular formula is C19H17NO4. The van der Waals surface area contributed by atoms with Crippen LogP contribution in [0.2, 0.25) is 0 Å². The van der Waals surface area contributed by atoms with Gasteiger partial charge in [-0.25, -0.2) is 0 Å². The van der Waals surface area contributed by atoms with Crippen LogP contribution < -0.4 is 14.2 Å². The monoisotopic (exact) mass is 323 g/mol. The summed E-state index contributed by atoms with van der Waals surface area (Å²) in [6, 6.07) is 12.8. The van der Waals surface area contributed by atoms with Gasteiger partial charge in [-0.05, 0) is 24.3 Å². The molecule has 2 aromatic carbocycles. The zero-order valence-corrected chi connectivity index (χ0v) is 13.7. The molecule has 0 bridgehead atoms. The number of pyridine rings is 1. The lowest BCUT2D eigenvalue weighted by molar-refractivity contribution is 0.103. The summed E-state index contributed by atoms with van der Waals surface area (Å²) < 4.78 is 15.9. The maximum atomic E-state index is 12.8. The number of hydrogen-bond acceptors (Lipinski definition) is 5. The molecule has 0 amide bonds. The molecule has 0 N–H and O–H groups in total. The summed E-state index contributed by atoms with van der Waals surface area (Å²) in [4.78, 5) is 17.2. The summed E-state index contributed by atoms with van der Waals surface area (Å²) in [6.07, 6.45) is 1.58. The molecule has 0 saturated carbocycles. The van der Waals surface area contributed by atoms with Gasteiger partial charge in [0.1, 0.15) is 0 Å². The first-order valence-electron chi connectivity index (χ1n) is 7.37. The quantitative estimate of drug-likeness (QED) is 0.673. The zero-order chi connectivity index (χ0) is 17.1. The normalized spacial score (nSPS) is 10.5. The van der Waals surface area contributed by atoms with Crippen LogP contribution in [-0.2, 0) is 0 Å². The van der Waals surface area contributed by atoms with E-state index in [0.717, 1.165) is 10.9 Å². The fraction of sp³-hybridized carbons (Fsp3) is 0.158. The Morgan fingerprint density at radius 1 is 0.875 bits per heavy atom. The number of carbonyl (C=O) groups is 1. The molecule has 3 aromatic rings. The van der Waals surface area contributed by atoms with E-state index in [9.17, 15) is 4.79 Å². The molecule has 0 saturated heterocycles. The van der Waals surface area contributed by atoms with Crippen molar-refractivity contribution < 1.29 is 19.0 Å². The Labute approximate surface area is 139 Å². The topological polar surface area (TPSA) is 57.7 Å². The summed E-state index contributed by atoms with van der Waals surface area (Å²) >= 11 is 0. The van der Waals surface area contributed by atoms with E-state index >= 15 is 0 Å². The number of aromatic nitrogens is 1. The van der Waals surface area contributed by atoms with Crippen molar-refractivity contribution >= 4 is 16.7 Å². The van der Waals surface area contributed by atoms with E-state index in [-0.39, 0.29) is 5.78 Å². The Balaban J connectivity index is 2.08. The van der Waals surface area contributed by atoms with Gasteiger partial charge in [0.25, 0.3) is 0 Å². The second kappa shape index (κ2) is 6.58. The van der Waals surface area contributed by atoms with Crippen molar-refractivity contribution in [3.63, 3.8) is 0 Å². The highest BCUT2D eigenvalue weighted by atomic mass is 16.5. The highest BCUT2D eigenvalue weighted by Gasteiger charge is 2.18. The number of carbonyl (C=O) groups excluding carboxylic acids is 1. The van der Waals surface area contributed by atoms with Crippen molar-refractivity contribution in [3.8, 4) is 17.2 Å². The molecule has 0 radical (unpaired) electrons. The number of hydrogen-bond donors (Lipinski definition) is 0. The molecule has 0 atom stereocenters. The largest absolute Gasteiger partial charge is 0.493 e. The fourth-order valence-corrected chi connectivity index (χ4v) is 2.57. The fourth-order valence-electron chi connectivity index (χ4n) is 2.57. The predicted octanol–water partition coefficient (Wildman–Crippen LogP) is 3.49. The number of benzene rings is 2. The zero-order valence-electron chi connectivity index (χ0n) is 13.7. The summed E-state index contributed by atoms with van der Waals surface area (Å²) in [7, 11) is 4.56. The second-order valence-electron chi connectivity index (χ2n) is 5.16. The molecular weight excluding hydrogens is 306 g/mol. The van der Waals surface area contributed by atoms with E-state index in [1.165, 1.54) is 21.3 Å². The van der Waals surface area contributed by atoms with Gasteiger partial charge in [-0.15, -0.1) is 0 Å². The van der Waals surface area contributed by atoms with E-state index in [4.69, 9.17) is 14.2 Å². The van der Waals surface area contributed by atoms with Crippen LogP contribution in [0.5, 0.6) is 17.2 Å². The molecule has 1 heterocycles. The lowest BCUT2D eigenvalue weighted by Crippen LogP contribution is -2.04. The maximum absolute atomic E-state index is 12.8. The number of nitrogens with zero attached hydrogens (tertiary/aromatic N) is 1. The summed E-state index contributed by atoms with van der Waals surface area (Å²) in [5, 5.41) is 0.913. The van der Waals surface area contributed by atoms with Gasteiger partial charge in [0.05, 0.1) is 26.8 Å². The summed E-state index contributed by atoms with van der Waals surface area (Å²) in [6.45, 7) is 0. The number of methoxy groups -OCH3 is 3. The van der Waals surface area contributed by atoms with Crippen molar-refractivity contribution in [1.82, 2.24) is 4.98 Å². The third kappa shape index (κ3) is 2.76. The highest BCUT2D eigenvalue weighted by molar-refractivity contribution is 6.10. The lowest BCUT2D eigenvalue weighted by Gasteiger charge is -2.13. The van der Waals surface area contributed by atoms with E-state index in [1.54, 1.807) is 18.3 Å².